The van der Waals surface area contributed by atoms with Crippen LogP contribution in [0.15, 0.2) is 58.4 Å². The van der Waals surface area contributed by atoms with Crippen LogP contribution in [0.25, 0.3) is 6.08 Å². The Bertz CT molecular complexity index is 762. The number of rotatable bonds is 2. The summed E-state index contributed by atoms with van der Waals surface area (Å²) < 4.78 is 0. The summed E-state index contributed by atoms with van der Waals surface area (Å²) in [6, 6.07) is 14.5. The average Bonchev–Trinajstić information content (AvgIpc) is 2.84. The first-order valence-corrected chi connectivity index (χ1v) is 7.57. The van der Waals surface area contributed by atoms with Crippen LogP contribution in [0.3, 0.4) is 0 Å². The highest BCUT2D eigenvalue weighted by molar-refractivity contribution is 8.18. The van der Waals surface area contributed by atoms with Crippen LogP contribution in [0.2, 0.25) is 0 Å². The lowest BCUT2D eigenvalue weighted by molar-refractivity contribution is -0.115. The molecular formula is C17H14N2O2S. The van der Waals surface area contributed by atoms with Crippen LogP contribution < -0.4 is 5.32 Å². The molecule has 5 heteroatoms. The first-order valence-electron chi connectivity index (χ1n) is 6.75. The Morgan fingerprint density at radius 2 is 1.77 bits per heavy atom. The maximum absolute atomic E-state index is 12.0. The fourth-order valence-corrected chi connectivity index (χ4v) is 2.78. The average molecular weight is 310 g/mol. The Morgan fingerprint density at radius 3 is 2.45 bits per heavy atom. The van der Waals surface area contributed by atoms with Crippen molar-refractivity contribution in [2.45, 2.75) is 6.92 Å². The summed E-state index contributed by atoms with van der Waals surface area (Å²) in [5.74, 6) is 0.0382. The van der Waals surface area contributed by atoms with E-state index in [4.69, 9.17) is 0 Å². The number of hydrogen-bond acceptors (Lipinski definition) is 4. The van der Waals surface area contributed by atoms with E-state index < -0.39 is 0 Å². The summed E-state index contributed by atoms with van der Waals surface area (Å²) in [6.07, 6.45) is 1.77. The lowest BCUT2D eigenvalue weighted by Gasteiger charge is -1.97. The highest BCUT2D eigenvalue weighted by Gasteiger charge is 2.23. The summed E-state index contributed by atoms with van der Waals surface area (Å²) in [5, 5.41) is 12.6. The predicted molar refractivity (Wildman–Crippen MR) is 90.1 cm³/mol. The fourth-order valence-electron chi connectivity index (χ4n) is 1.94. The molecule has 3 rings (SSSR count). The number of phenolic OH excluding ortho intramolecular Hbond substituents is 1. The molecule has 1 heterocycles. The number of aromatic hydroxyl groups is 1. The van der Waals surface area contributed by atoms with Crippen LogP contribution in [0, 0.1) is 6.92 Å². The molecule has 1 saturated heterocycles. The van der Waals surface area contributed by atoms with Crippen LogP contribution in [0.4, 0.5) is 5.69 Å². The molecule has 0 bridgehead atoms. The second-order valence-corrected chi connectivity index (χ2v) is 5.94. The van der Waals surface area contributed by atoms with E-state index in [0.717, 1.165) is 11.3 Å². The Morgan fingerprint density at radius 1 is 1.09 bits per heavy atom. The first kappa shape index (κ1) is 14.4. The third kappa shape index (κ3) is 3.38. The molecule has 0 spiro atoms. The summed E-state index contributed by atoms with van der Waals surface area (Å²) in [5.41, 5.74) is 2.83. The van der Waals surface area contributed by atoms with Crippen LogP contribution >= 0.6 is 11.8 Å². The van der Waals surface area contributed by atoms with Gasteiger partial charge in [0.2, 0.25) is 0 Å². The molecule has 2 N–H and O–H groups in total. The molecule has 0 radical (unpaired) electrons. The lowest BCUT2D eigenvalue weighted by Crippen LogP contribution is -2.19. The number of amidine groups is 1. The van der Waals surface area contributed by atoms with Crippen molar-refractivity contribution in [2.24, 2.45) is 4.99 Å². The molecule has 0 unspecified atom stereocenters. The van der Waals surface area contributed by atoms with E-state index in [9.17, 15) is 9.90 Å². The molecule has 4 nitrogen and oxygen atoms in total. The van der Waals surface area contributed by atoms with Gasteiger partial charge in [-0.05, 0) is 54.6 Å². The number of benzene rings is 2. The number of thioether (sulfide) groups is 1. The van der Waals surface area contributed by atoms with Crippen molar-refractivity contribution in [1.82, 2.24) is 5.32 Å². The third-order valence-electron chi connectivity index (χ3n) is 3.11. The van der Waals surface area contributed by atoms with Gasteiger partial charge in [-0.1, -0.05) is 29.8 Å². The molecule has 0 atom stereocenters. The van der Waals surface area contributed by atoms with Crippen molar-refractivity contribution in [1.29, 1.82) is 0 Å². The van der Waals surface area contributed by atoms with Gasteiger partial charge < -0.3 is 10.4 Å². The molecule has 1 fully saturated rings. The molecule has 1 aliphatic heterocycles. The molecule has 1 aliphatic rings. The van der Waals surface area contributed by atoms with Gasteiger partial charge in [0.15, 0.2) is 5.17 Å². The SMILES string of the molecule is Cc1ccc(N=C2NC(=O)C(=Cc3ccc(O)cc3)S2)cc1. The molecule has 2 aromatic carbocycles. The molecule has 0 aromatic heterocycles. The third-order valence-corrected chi connectivity index (χ3v) is 4.02. The van der Waals surface area contributed by atoms with Crippen molar-refractivity contribution in [3.05, 3.63) is 64.6 Å². The standard InChI is InChI=1S/C17H14N2O2S/c1-11-2-6-13(7-3-11)18-17-19-16(21)15(22-17)10-12-4-8-14(20)9-5-12/h2-10,20H,1H3,(H,18,19,21). The van der Waals surface area contributed by atoms with Gasteiger partial charge in [-0.15, -0.1) is 0 Å². The Balaban J connectivity index is 1.80. The second-order valence-electron chi connectivity index (χ2n) is 4.91. The molecule has 22 heavy (non-hydrogen) atoms. The number of amides is 1. The zero-order valence-corrected chi connectivity index (χ0v) is 12.7. The zero-order valence-electron chi connectivity index (χ0n) is 11.9. The topological polar surface area (TPSA) is 61.7 Å². The van der Waals surface area contributed by atoms with Crippen LogP contribution in [0.5, 0.6) is 5.75 Å². The van der Waals surface area contributed by atoms with Crippen molar-refractivity contribution in [3.8, 4) is 5.75 Å². The van der Waals surface area contributed by atoms with Gasteiger partial charge in [-0.2, -0.15) is 0 Å². The quantitative estimate of drug-likeness (QED) is 0.833. The summed E-state index contributed by atoms with van der Waals surface area (Å²) in [4.78, 5) is 17.0. The van der Waals surface area contributed by atoms with Gasteiger partial charge in [0, 0.05) is 0 Å². The highest BCUT2D eigenvalue weighted by atomic mass is 32.2. The molecular weight excluding hydrogens is 296 g/mol. The highest BCUT2D eigenvalue weighted by Crippen LogP contribution is 2.28. The van der Waals surface area contributed by atoms with E-state index >= 15 is 0 Å². The Kier molecular flexibility index (Phi) is 3.98. The number of nitrogens with zero attached hydrogens (tertiary/aromatic N) is 1. The minimum absolute atomic E-state index is 0.163. The van der Waals surface area contributed by atoms with Crippen molar-refractivity contribution < 1.29 is 9.90 Å². The number of phenols is 1. The van der Waals surface area contributed by atoms with Gasteiger partial charge in [0.25, 0.3) is 5.91 Å². The van der Waals surface area contributed by atoms with E-state index in [0.29, 0.717) is 10.1 Å². The monoisotopic (exact) mass is 310 g/mol. The number of aryl methyl sites for hydroxylation is 1. The lowest BCUT2D eigenvalue weighted by atomic mass is 10.2. The van der Waals surface area contributed by atoms with Crippen LogP contribution in [-0.4, -0.2) is 16.2 Å². The number of aliphatic imine (C=N–C) groups is 1. The van der Waals surface area contributed by atoms with Crippen molar-refractivity contribution in [3.63, 3.8) is 0 Å². The Hall–Kier alpha value is -2.53. The van der Waals surface area contributed by atoms with E-state index in [2.05, 4.69) is 10.3 Å². The molecule has 2 aromatic rings. The maximum Gasteiger partial charge on any atom is 0.264 e. The van der Waals surface area contributed by atoms with Gasteiger partial charge >= 0.3 is 0 Å². The summed E-state index contributed by atoms with van der Waals surface area (Å²) >= 11 is 1.30. The van der Waals surface area contributed by atoms with Gasteiger partial charge in [0.05, 0.1) is 10.6 Å². The minimum Gasteiger partial charge on any atom is -0.508 e. The van der Waals surface area contributed by atoms with Gasteiger partial charge in [0.1, 0.15) is 5.75 Å². The molecule has 1 amide bonds. The van der Waals surface area contributed by atoms with Crippen molar-refractivity contribution >= 4 is 34.6 Å². The van der Waals surface area contributed by atoms with E-state index in [1.165, 1.54) is 17.3 Å². The van der Waals surface area contributed by atoms with E-state index in [1.807, 2.05) is 31.2 Å². The number of carbonyl (C=O) groups is 1. The summed E-state index contributed by atoms with van der Waals surface area (Å²) in [6.45, 7) is 2.02. The number of carbonyl (C=O) groups excluding carboxylic acids is 1. The first-order chi connectivity index (χ1) is 10.6. The minimum atomic E-state index is -0.163. The van der Waals surface area contributed by atoms with Crippen molar-refractivity contribution in [2.75, 3.05) is 0 Å². The summed E-state index contributed by atoms with van der Waals surface area (Å²) in [7, 11) is 0. The maximum atomic E-state index is 12.0. The Labute approximate surface area is 132 Å². The van der Waals surface area contributed by atoms with Gasteiger partial charge in [-0.3, -0.25) is 4.79 Å². The largest absolute Gasteiger partial charge is 0.508 e. The predicted octanol–water partition coefficient (Wildman–Crippen LogP) is 3.59. The molecule has 110 valence electrons. The molecule has 0 saturated carbocycles. The van der Waals surface area contributed by atoms with Crippen LogP contribution in [0.1, 0.15) is 11.1 Å². The molecule has 0 aliphatic carbocycles. The van der Waals surface area contributed by atoms with E-state index in [1.54, 1.807) is 30.3 Å². The normalized spacial score (nSPS) is 18.0. The fraction of sp³-hybridized carbons (Fsp3) is 0.0588. The second kappa shape index (κ2) is 6.07. The number of nitrogens with one attached hydrogen (secondary N) is 1. The van der Waals surface area contributed by atoms with E-state index in [-0.39, 0.29) is 11.7 Å². The number of hydrogen-bond donors (Lipinski definition) is 2. The van der Waals surface area contributed by atoms with Crippen LogP contribution in [-0.2, 0) is 4.79 Å². The smallest absolute Gasteiger partial charge is 0.264 e. The zero-order chi connectivity index (χ0) is 15.5. The van der Waals surface area contributed by atoms with Gasteiger partial charge in [-0.25, -0.2) is 4.99 Å².